The van der Waals surface area contributed by atoms with Crippen LogP contribution in [0.15, 0.2) is 65.5 Å². The number of nitrogens with one attached hydrogen (secondary N) is 1. The minimum Gasteiger partial charge on any atom is -0.480 e. The summed E-state index contributed by atoms with van der Waals surface area (Å²) in [5.74, 6) is -1.57. The van der Waals surface area contributed by atoms with Crippen LogP contribution in [0.3, 0.4) is 0 Å². The van der Waals surface area contributed by atoms with Gasteiger partial charge in [-0.15, -0.1) is 0 Å². The standard InChI is InChI=1S/C25H26FN3O4/c1-15(2)13-21(25(32)33)28-14-16-3-9-19(10-4-16)29-22(30)12-11-20(24(29)27)23(31)17-5-7-18(26)8-6-17/h3-12,15,21,28H,13-14,27H2,1-2H3,(H,32,33). The van der Waals surface area contributed by atoms with Gasteiger partial charge in [0.15, 0.2) is 5.78 Å². The average Bonchev–Trinajstić information content (AvgIpc) is 2.77. The average molecular weight is 451 g/mol. The minimum atomic E-state index is -0.901. The number of carboxylic acid groups (broad SMARTS) is 1. The van der Waals surface area contributed by atoms with Gasteiger partial charge in [-0.25, -0.2) is 4.39 Å². The van der Waals surface area contributed by atoms with Gasteiger partial charge in [0.05, 0.1) is 11.3 Å². The summed E-state index contributed by atoms with van der Waals surface area (Å²) < 4.78 is 14.4. The van der Waals surface area contributed by atoms with Gasteiger partial charge in [-0.1, -0.05) is 26.0 Å². The molecule has 2 aromatic carbocycles. The van der Waals surface area contributed by atoms with Crippen molar-refractivity contribution >= 4 is 17.6 Å². The van der Waals surface area contributed by atoms with E-state index < -0.39 is 29.2 Å². The second kappa shape index (κ2) is 10.2. The molecule has 1 unspecified atom stereocenters. The van der Waals surface area contributed by atoms with Crippen molar-refractivity contribution in [3.8, 4) is 5.69 Å². The Labute approximate surface area is 190 Å². The van der Waals surface area contributed by atoms with Gasteiger partial charge >= 0.3 is 5.97 Å². The van der Waals surface area contributed by atoms with Crippen LogP contribution in [0.5, 0.6) is 0 Å². The molecule has 0 saturated heterocycles. The van der Waals surface area contributed by atoms with Gasteiger partial charge in [-0.3, -0.25) is 19.0 Å². The van der Waals surface area contributed by atoms with E-state index in [2.05, 4.69) is 5.32 Å². The smallest absolute Gasteiger partial charge is 0.320 e. The van der Waals surface area contributed by atoms with E-state index in [1.807, 2.05) is 13.8 Å². The van der Waals surface area contributed by atoms with Crippen LogP contribution < -0.4 is 16.6 Å². The van der Waals surface area contributed by atoms with Crippen molar-refractivity contribution in [2.75, 3.05) is 5.73 Å². The number of pyridine rings is 1. The Morgan fingerprint density at radius 3 is 2.24 bits per heavy atom. The fraction of sp³-hybridized carbons (Fsp3) is 0.240. The van der Waals surface area contributed by atoms with Crippen LogP contribution in [-0.4, -0.2) is 27.5 Å². The molecule has 172 valence electrons. The van der Waals surface area contributed by atoms with Crippen LogP contribution in [0.4, 0.5) is 10.2 Å². The Kier molecular flexibility index (Phi) is 7.40. The first kappa shape index (κ1) is 23.9. The first-order valence-electron chi connectivity index (χ1n) is 10.5. The van der Waals surface area contributed by atoms with E-state index in [1.54, 1.807) is 24.3 Å². The fourth-order valence-corrected chi connectivity index (χ4v) is 3.52. The van der Waals surface area contributed by atoms with Gasteiger partial charge in [0.1, 0.15) is 17.7 Å². The normalized spacial score (nSPS) is 12.0. The van der Waals surface area contributed by atoms with E-state index in [0.29, 0.717) is 18.7 Å². The van der Waals surface area contributed by atoms with Gasteiger partial charge in [0.25, 0.3) is 5.56 Å². The van der Waals surface area contributed by atoms with Gasteiger partial charge in [-0.2, -0.15) is 0 Å². The molecule has 3 aromatic rings. The molecule has 0 aliphatic rings. The van der Waals surface area contributed by atoms with E-state index >= 15 is 0 Å². The number of rotatable bonds is 9. The van der Waals surface area contributed by atoms with E-state index in [0.717, 1.165) is 5.56 Å². The van der Waals surface area contributed by atoms with Crippen LogP contribution >= 0.6 is 0 Å². The zero-order valence-electron chi connectivity index (χ0n) is 18.4. The molecule has 1 aromatic heterocycles. The number of hydrogen-bond acceptors (Lipinski definition) is 5. The fourth-order valence-electron chi connectivity index (χ4n) is 3.52. The number of halogens is 1. The molecule has 3 rings (SSSR count). The summed E-state index contributed by atoms with van der Waals surface area (Å²) in [6.07, 6.45) is 0.508. The van der Waals surface area contributed by atoms with E-state index in [9.17, 15) is 23.9 Å². The highest BCUT2D eigenvalue weighted by molar-refractivity contribution is 6.11. The molecule has 0 aliphatic carbocycles. The maximum absolute atomic E-state index is 13.2. The molecule has 0 saturated carbocycles. The predicted octanol–water partition coefficient (Wildman–Crippen LogP) is 3.38. The lowest BCUT2D eigenvalue weighted by molar-refractivity contribution is -0.140. The third-order valence-electron chi connectivity index (χ3n) is 5.23. The van der Waals surface area contributed by atoms with Crippen LogP contribution in [0.1, 0.15) is 41.8 Å². The maximum Gasteiger partial charge on any atom is 0.320 e. The second-order valence-corrected chi connectivity index (χ2v) is 8.21. The van der Waals surface area contributed by atoms with Gasteiger partial charge in [-0.05, 0) is 60.4 Å². The van der Waals surface area contributed by atoms with Crippen LogP contribution in [0.2, 0.25) is 0 Å². The summed E-state index contributed by atoms with van der Waals surface area (Å²) in [6, 6.07) is 13.9. The highest BCUT2D eigenvalue weighted by atomic mass is 19.1. The summed E-state index contributed by atoms with van der Waals surface area (Å²) in [5.41, 5.74) is 7.47. The van der Waals surface area contributed by atoms with Crippen LogP contribution in [0, 0.1) is 11.7 Å². The zero-order chi connectivity index (χ0) is 24.1. The molecular weight excluding hydrogens is 425 g/mol. The molecule has 0 aliphatic heterocycles. The second-order valence-electron chi connectivity index (χ2n) is 8.21. The van der Waals surface area contributed by atoms with Gasteiger partial charge in [0.2, 0.25) is 0 Å². The maximum atomic E-state index is 13.2. The quantitative estimate of drug-likeness (QED) is 0.430. The summed E-state index contributed by atoms with van der Waals surface area (Å²) in [6.45, 7) is 4.27. The van der Waals surface area contributed by atoms with Crippen molar-refractivity contribution in [3.63, 3.8) is 0 Å². The summed E-state index contributed by atoms with van der Waals surface area (Å²) >= 11 is 0. The topological polar surface area (TPSA) is 114 Å². The molecule has 0 spiro atoms. The third-order valence-corrected chi connectivity index (χ3v) is 5.23. The molecule has 1 atom stereocenters. The van der Waals surface area contributed by atoms with Crippen molar-refractivity contribution in [2.24, 2.45) is 5.92 Å². The Morgan fingerprint density at radius 2 is 1.67 bits per heavy atom. The molecular formula is C25H26FN3O4. The summed E-state index contributed by atoms with van der Waals surface area (Å²) in [7, 11) is 0. The van der Waals surface area contributed by atoms with Crippen molar-refractivity contribution < 1.29 is 19.1 Å². The molecule has 8 heteroatoms. The zero-order valence-corrected chi connectivity index (χ0v) is 18.4. The van der Waals surface area contributed by atoms with Crippen molar-refractivity contribution in [1.29, 1.82) is 0 Å². The van der Waals surface area contributed by atoms with Crippen molar-refractivity contribution in [2.45, 2.75) is 32.9 Å². The molecule has 4 N–H and O–H groups in total. The van der Waals surface area contributed by atoms with E-state index in [-0.39, 0.29) is 22.9 Å². The lowest BCUT2D eigenvalue weighted by atomic mass is 10.0. The molecule has 0 radical (unpaired) electrons. The number of carboxylic acids is 1. The predicted molar refractivity (Wildman–Crippen MR) is 124 cm³/mol. The molecule has 0 fully saturated rings. The lowest BCUT2D eigenvalue weighted by Gasteiger charge is -2.17. The molecule has 0 amide bonds. The number of carbonyl (C=O) groups is 2. The number of carbonyl (C=O) groups excluding carboxylic acids is 1. The number of benzene rings is 2. The Hall–Kier alpha value is -3.78. The first-order chi connectivity index (χ1) is 15.7. The van der Waals surface area contributed by atoms with Crippen LogP contribution in [0.25, 0.3) is 5.69 Å². The highest BCUT2D eigenvalue weighted by Gasteiger charge is 2.19. The van der Waals surface area contributed by atoms with Crippen molar-refractivity contribution in [1.82, 2.24) is 9.88 Å². The number of hydrogen-bond donors (Lipinski definition) is 3. The number of anilines is 1. The molecule has 33 heavy (non-hydrogen) atoms. The number of aromatic nitrogens is 1. The Bertz CT molecular complexity index is 1200. The SMILES string of the molecule is CC(C)CC(NCc1ccc(-n2c(N)c(C(=O)c3ccc(F)cc3)ccc2=O)cc1)C(=O)O. The first-order valence-corrected chi connectivity index (χ1v) is 10.5. The van der Waals surface area contributed by atoms with Crippen LogP contribution in [-0.2, 0) is 11.3 Å². The molecule has 1 heterocycles. The van der Waals surface area contributed by atoms with Crippen molar-refractivity contribution in [3.05, 3.63) is 93.5 Å². The Balaban J connectivity index is 1.84. The third kappa shape index (κ3) is 5.72. The van der Waals surface area contributed by atoms with Gasteiger partial charge in [0, 0.05) is 18.2 Å². The number of nitrogen functional groups attached to an aromatic ring is 1. The summed E-state index contributed by atoms with van der Waals surface area (Å²) in [4.78, 5) is 36.8. The Morgan fingerprint density at radius 1 is 1.03 bits per heavy atom. The number of nitrogens with two attached hydrogens (primary N) is 1. The van der Waals surface area contributed by atoms with E-state index in [4.69, 9.17) is 5.73 Å². The number of ketones is 1. The highest BCUT2D eigenvalue weighted by Crippen LogP contribution is 2.19. The largest absolute Gasteiger partial charge is 0.480 e. The monoisotopic (exact) mass is 451 g/mol. The minimum absolute atomic E-state index is 0.0226. The van der Waals surface area contributed by atoms with Gasteiger partial charge < -0.3 is 16.2 Å². The molecule has 7 nitrogen and oxygen atoms in total. The lowest BCUT2D eigenvalue weighted by Crippen LogP contribution is -2.37. The number of nitrogens with zero attached hydrogens (tertiary/aromatic N) is 1. The number of aliphatic carboxylic acids is 1. The molecule has 0 bridgehead atoms. The summed E-state index contributed by atoms with van der Waals surface area (Å²) in [5, 5.41) is 12.4. The van der Waals surface area contributed by atoms with E-state index in [1.165, 1.54) is 41.0 Å².